The van der Waals surface area contributed by atoms with E-state index in [4.69, 9.17) is 5.73 Å². The van der Waals surface area contributed by atoms with Crippen LogP contribution in [0.25, 0.3) is 0 Å². The highest BCUT2D eigenvalue weighted by Crippen LogP contribution is 2.39. The second-order valence-corrected chi connectivity index (χ2v) is 6.68. The first-order chi connectivity index (χ1) is 7.93. The highest BCUT2D eigenvalue weighted by Gasteiger charge is 2.40. The molecule has 2 heteroatoms. The average Bonchev–Trinajstić information content (AvgIpc) is 2.27. The van der Waals surface area contributed by atoms with Crippen LogP contribution in [0.5, 0.6) is 0 Å². The molecule has 0 bridgehead atoms. The van der Waals surface area contributed by atoms with Crippen molar-refractivity contribution in [2.45, 2.75) is 58.9 Å². The lowest BCUT2D eigenvalue weighted by Crippen LogP contribution is -2.56. The van der Waals surface area contributed by atoms with Gasteiger partial charge in [-0.3, -0.25) is 4.90 Å². The van der Waals surface area contributed by atoms with E-state index in [0.717, 1.165) is 24.3 Å². The van der Waals surface area contributed by atoms with Crippen molar-refractivity contribution < 1.29 is 0 Å². The maximum absolute atomic E-state index is 6.14. The molecule has 1 rings (SSSR count). The maximum Gasteiger partial charge on any atom is 0.0333 e. The van der Waals surface area contributed by atoms with Crippen molar-refractivity contribution in [2.24, 2.45) is 23.5 Å². The first-order valence-electron chi connectivity index (χ1n) is 7.34. The SMILES string of the molecule is CCC(C)CN(C)C1(CN)CC(C)CC(C)C1. The topological polar surface area (TPSA) is 29.3 Å². The van der Waals surface area contributed by atoms with Crippen LogP contribution in [0.4, 0.5) is 0 Å². The normalized spacial score (nSPS) is 36.2. The smallest absolute Gasteiger partial charge is 0.0333 e. The minimum Gasteiger partial charge on any atom is -0.329 e. The van der Waals surface area contributed by atoms with Crippen LogP contribution in [0, 0.1) is 17.8 Å². The number of likely N-dealkylation sites (N-methyl/N-ethyl adjacent to an activating group) is 1. The molecule has 0 aliphatic heterocycles. The van der Waals surface area contributed by atoms with Gasteiger partial charge in [-0.2, -0.15) is 0 Å². The van der Waals surface area contributed by atoms with Crippen LogP contribution in [-0.4, -0.2) is 30.6 Å². The lowest BCUT2D eigenvalue weighted by Gasteiger charge is -2.49. The molecule has 102 valence electrons. The zero-order valence-electron chi connectivity index (χ0n) is 12.5. The van der Waals surface area contributed by atoms with E-state index in [-0.39, 0.29) is 5.54 Å². The van der Waals surface area contributed by atoms with Crippen LogP contribution in [0.2, 0.25) is 0 Å². The monoisotopic (exact) mass is 240 g/mol. The summed E-state index contributed by atoms with van der Waals surface area (Å²) >= 11 is 0. The van der Waals surface area contributed by atoms with Gasteiger partial charge < -0.3 is 5.73 Å². The van der Waals surface area contributed by atoms with Crippen molar-refractivity contribution >= 4 is 0 Å². The Hall–Kier alpha value is -0.0800. The summed E-state index contributed by atoms with van der Waals surface area (Å²) in [7, 11) is 2.28. The van der Waals surface area contributed by atoms with Gasteiger partial charge in [0.25, 0.3) is 0 Å². The quantitative estimate of drug-likeness (QED) is 0.800. The zero-order chi connectivity index (χ0) is 13.1. The van der Waals surface area contributed by atoms with E-state index in [1.807, 2.05) is 0 Å². The predicted molar refractivity (Wildman–Crippen MR) is 76.0 cm³/mol. The van der Waals surface area contributed by atoms with E-state index in [0.29, 0.717) is 0 Å². The van der Waals surface area contributed by atoms with Crippen molar-refractivity contribution in [3.63, 3.8) is 0 Å². The van der Waals surface area contributed by atoms with E-state index in [1.54, 1.807) is 0 Å². The highest BCUT2D eigenvalue weighted by atomic mass is 15.2. The summed E-state index contributed by atoms with van der Waals surface area (Å²) in [5.74, 6) is 2.42. The molecular formula is C15H32N2. The fraction of sp³-hybridized carbons (Fsp3) is 1.00. The Balaban J connectivity index is 2.72. The second-order valence-electron chi connectivity index (χ2n) is 6.68. The number of hydrogen-bond donors (Lipinski definition) is 1. The summed E-state index contributed by atoms with van der Waals surface area (Å²) in [5, 5.41) is 0. The van der Waals surface area contributed by atoms with Crippen LogP contribution < -0.4 is 5.73 Å². The molecule has 0 aromatic carbocycles. The number of hydrogen-bond acceptors (Lipinski definition) is 2. The van der Waals surface area contributed by atoms with Gasteiger partial charge in [0.1, 0.15) is 0 Å². The molecule has 0 amide bonds. The van der Waals surface area contributed by atoms with Gasteiger partial charge in [-0.05, 0) is 44.1 Å². The van der Waals surface area contributed by atoms with Gasteiger partial charge in [-0.1, -0.05) is 34.1 Å². The fourth-order valence-corrected chi connectivity index (χ4v) is 3.66. The summed E-state index contributed by atoms with van der Waals surface area (Å²) in [4.78, 5) is 2.56. The predicted octanol–water partition coefficient (Wildman–Crippen LogP) is 3.12. The molecule has 17 heavy (non-hydrogen) atoms. The Kier molecular flexibility index (Phi) is 5.46. The molecule has 0 heterocycles. The van der Waals surface area contributed by atoms with Crippen molar-refractivity contribution in [1.29, 1.82) is 0 Å². The van der Waals surface area contributed by atoms with E-state index < -0.39 is 0 Å². The Morgan fingerprint density at radius 2 is 1.82 bits per heavy atom. The van der Waals surface area contributed by atoms with Crippen LogP contribution in [-0.2, 0) is 0 Å². The fourth-order valence-electron chi connectivity index (χ4n) is 3.66. The number of rotatable bonds is 5. The summed E-state index contributed by atoms with van der Waals surface area (Å²) in [5.41, 5.74) is 6.40. The molecule has 0 aromatic rings. The Morgan fingerprint density at radius 1 is 1.29 bits per heavy atom. The Morgan fingerprint density at radius 3 is 2.24 bits per heavy atom. The molecule has 1 saturated carbocycles. The molecule has 1 aliphatic rings. The maximum atomic E-state index is 6.14. The molecule has 0 saturated heterocycles. The third-order valence-corrected chi connectivity index (χ3v) is 4.73. The van der Waals surface area contributed by atoms with Gasteiger partial charge >= 0.3 is 0 Å². The molecule has 0 spiro atoms. The molecule has 0 aromatic heterocycles. The molecule has 2 nitrogen and oxygen atoms in total. The third-order valence-electron chi connectivity index (χ3n) is 4.73. The number of nitrogens with zero attached hydrogens (tertiary/aromatic N) is 1. The van der Waals surface area contributed by atoms with E-state index >= 15 is 0 Å². The lowest BCUT2D eigenvalue weighted by molar-refractivity contribution is 0.0295. The molecule has 3 unspecified atom stereocenters. The minimum absolute atomic E-state index is 0.264. The molecule has 3 atom stereocenters. The third kappa shape index (κ3) is 3.69. The highest BCUT2D eigenvalue weighted by molar-refractivity contribution is 4.96. The Labute approximate surface area is 108 Å². The van der Waals surface area contributed by atoms with Gasteiger partial charge in [0.15, 0.2) is 0 Å². The summed E-state index contributed by atoms with van der Waals surface area (Å²) < 4.78 is 0. The van der Waals surface area contributed by atoms with Crippen LogP contribution in [0.3, 0.4) is 0 Å². The molecule has 1 aliphatic carbocycles. The first kappa shape index (κ1) is 15.0. The van der Waals surface area contributed by atoms with Crippen molar-refractivity contribution in [3.8, 4) is 0 Å². The first-order valence-corrected chi connectivity index (χ1v) is 7.34. The van der Waals surface area contributed by atoms with Gasteiger partial charge in [0.2, 0.25) is 0 Å². The van der Waals surface area contributed by atoms with Crippen molar-refractivity contribution in [2.75, 3.05) is 20.1 Å². The number of nitrogens with two attached hydrogens (primary N) is 1. The summed E-state index contributed by atoms with van der Waals surface area (Å²) in [6, 6.07) is 0. The molecular weight excluding hydrogens is 208 g/mol. The van der Waals surface area contributed by atoms with E-state index in [9.17, 15) is 0 Å². The minimum atomic E-state index is 0.264. The van der Waals surface area contributed by atoms with Gasteiger partial charge in [0, 0.05) is 18.6 Å². The Bertz CT molecular complexity index is 217. The second kappa shape index (κ2) is 6.19. The van der Waals surface area contributed by atoms with Gasteiger partial charge in [-0.15, -0.1) is 0 Å². The van der Waals surface area contributed by atoms with Crippen LogP contribution in [0.15, 0.2) is 0 Å². The van der Waals surface area contributed by atoms with E-state index in [1.165, 1.54) is 32.2 Å². The van der Waals surface area contributed by atoms with Crippen molar-refractivity contribution in [1.82, 2.24) is 4.90 Å². The van der Waals surface area contributed by atoms with Crippen molar-refractivity contribution in [3.05, 3.63) is 0 Å². The van der Waals surface area contributed by atoms with E-state index in [2.05, 4.69) is 39.6 Å². The average molecular weight is 240 g/mol. The molecule has 0 radical (unpaired) electrons. The summed E-state index contributed by atoms with van der Waals surface area (Å²) in [6.45, 7) is 11.4. The molecule has 1 fully saturated rings. The zero-order valence-corrected chi connectivity index (χ0v) is 12.5. The largest absolute Gasteiger partial charge is 0.329 e. The molecule has 2 N–H and O–H groups in total. The van der Waals surface area contributed by atoms with Gasteiger partial charge in [-0.25, -0.2) is 0 Å². The van der Waals surface area contributed by atoms with Gasteiger partial charge in [0.05, 0.1) is 0 Å². The lowest BCUT2D eigenvalue weighted by atomic mass is 9.70. The van der Waals surface area contributed by atoms with Crippen LogP contribution >= 0.6 is 0 Å². The van der Waals surface area contributed by atoms with Crippen LogP contribution in [0.1, 0.15) is 53.4 Å². The summed E-state index contributed by atoms with van der Waals surface area (Å²) in [6.07, 6.45) is 5.19. The standard InChI is InChI=1S/C15H32N2/c1-6-12(2)10-17(5)15(11-16)8-13(3)7-14(4)9-15/h12-14H,6-11,16H2,1-5H3.